The molecular weight excluding hydrogens is 280 g/mol. The molecule has 0 spiro atoms. The number of aromatic nitrogens is 1. The number of aliphatic hydroxyl groups is 1. The first-order valence-corrected chi connectivity index (χ1v) is 7.15. The van der Waals surface area contributed by atoms with Gasteiger partial charge >= 0.3 is 0 Å². The van der Waals surface area contributed by atoms with Crippen LogP contribution in [-0.2, 0) is 16.8 Å². The smallest absolute Gasteiger partial charge is 0.261 e. The van der Waals surface area contributed by atoms with E-state index in [2.05, 4.69) is 10.3 Å². The number of fused-ring (bicyclic) bond motifs is 1. The van der Waals surface area contributed by atoms with Crippen LogP contribution in [0.1, 0.15) is 34.8 Å². The summed E-state index contributed by atoms with van der Waals surface area (Å²) in [5.41, 5.74) is 0.647. The number of pyridine rings is 1. The topological polar surface area (TPSA) is 79.3 Å². The second-order valence-corrected chi connectivity index (χ2v) is 5.38. The van der Waals surface area contributed by atoms with Crippen LogP contribution in [0.25, 0.3) is 0 Å². The summed E-state index contributed by atoms with van der Waals surface area (Å²) in [6, 6.07) is 8.59. The summed E-state index contributed by atoms with van der Waals surface area (Å²) in [6.07, 6.45) is 3.52. The van der Waals surface area contributed by atoms with Crippen molar-refractivity contribution in [3.8, 4) is 0 Å². The fraction of sp³-hybridized carbons (Fsp3) is 0.235. The van der Waals surface area contributed by atoms with Crippen molar-refractivity contribution in [3.63, 3.8) is 0 Å². The summed E-state index contributed by atoms with van der Waals surface area (Å²) < 4.78 is 0. The van der Waals surface area contributed by atoms with Gasteiger partial charge in [-0.1, -0.05) is 19.1 Å². The highest BCUT2D eigenvalue weighted by atomic mass is 16.3. The highest BCUT2D eigenvalue weighted by Crippen LogP contribution is 2.39. The average molecular weight is 296 g/mol. The molecule has 0 saturated carbocycles. The molecule has 0 saturated heterocycles. The Labute approximate surface area is 128 Å². The van der Waals surface area contributed by atoms with Gasteiger partial charge in [0.05, 0.1) is 6.42 Å². The number of hydrogen-bond donors (Lipinski definition) is 2. The molecule has 3 rings (SSSR count). The van der Waals surface area contributed by atoms with Crippen LogP contribution in [0.3, 0.4) is 0 Å². The minimum Gasteiger partial charge on any atom is -0.375 e. The van der Waals surface area contributed by atoms with Gasteiger partial charge in [-0.15, -0.1) is 0 Å². The summed E-state index contributed by atoms with van der Waals surface area (Å²) in [5, 5.41) is 13.5. The second-order valence-electron chi connectivity index (χ2n) is 5.38. The standard InChI is InChI=1S/C17H16N2O3/c1-2-11-3-4-14-13(9-11)17(22,16(21)19-14)10-15(20)12-5-7-18-8-6-12/h3-9,22H,2,10H2,1H3,(H,19,21)/t17-/m1/s1. The first kappa shape index (κ1) is 14.4. The highest BCUT2D eigenvalue weighted by molar-refractivity contribution is 6.09. The number of rotatable bonds is 4. The van der Waals surface area contributed by atoms with Gasteiger partial charge in [-0.3, -0.25) is 14.6 Å². The van der Waals surface area contributed by atoms with Crippen LogP contribution >= 0.6 is 0 Å². The van der Waals surface area contributed by atoms with Crippen molar-refractivity contribution in [1.29, 1.82) is 0 Å². The summed E-state index contributed by atoms with van der Waals surface area (Å²) in [5.74, 6) is -0.854. The van der Waals surface area contributed by atoms with Crippen LogP contribution in [0.4, 0.5) is 5.69 Å². The van der Waals surface area contributed by atoms with Crippen LogP contribution in [-0.4, -0.2) is 21.8 Å². The van der Waals surface area contributed by atoms with E-state index in [0.717, 1.165) is 12.0 Å². The van der Waals surface area contributed by atoms with Gasteiger partial charge in [0.25, 0.3) is 5.91 Å². The molecule has 5 heteroatoms. The predicted octanol–water partition coefficient (Wildman–Crippen LogP) is 2.06. The molecule has 1 aromatic heterocycles. The van der Waals surface area contributed by atoms with E-state index in [1.165, 1.54) is 12.4 Å². The lowest BCUT2D eigenvalue weighted by Gasteiger charge is -2.20. The first-order chi connectivity index (χ1) is 10.5. The van der Waals surface area contributed by atoms with Crippen molar-refractivity contribution in [1.82, 2.24) is 4.98 Å². The number of nitrogens with zero attached hydrogens (tertiary/aromatic N) is 1. The van der Waals surface area contributed by atoms with Gasteiger partial charge in [0.15, 0.2) is 11.4 Å². The number of Topliss-reactive ketones (excluding diaryl/α,β-unsaturated/α-hetero) is 1. The Hall–Kier alpha value is -2.53. The Morgan fingerprint density at radius 1 is 1.27 bits per heavy atom. The first-order valence-electron chi connectivity index (χ1n) is 7.15. The van der Waals surface area contributed by atoms with Crippen molar-refractivity contribution in [2.45, 2.75) is 25.4 Å². The van der Waals surface area contributed by atoms with Gasteiger partial charge in [-0.2, -0.15) is 0 Å². The molecule has 1 aliphatic rings. The zero-order valence-corrected chi connectivity index (χ0v) is 12.2. The third kappa shape index (κ3) is 2.29. The van der Waals surface area contributed by atoms with Gasteiger partial charge in [0.1, 0.15) is 0 Å². The number of carbonyl (C=O) groups excluding carboxylic acids is 2. The maximum atomic E-state index is 12.3. The Kier molecular flexibility index (Phi) is 3.50. The molecule has 1 aromatic carbocycles. The van der Waals surface area contributed by atoms with E-state index in [9.17, 15) is 14.7 Å². The predicted molar refractivity (Wildman–Crippen MR) is 81.5 cm³/mol. The lowest BCUT2D eigenvalue weighted by atomic mass is 9.87. The van der Waals surface area contributed by atoms with E-state index < -0.39 is 11.5 Å². The van der Waals surface area contributed by atoms with Gasteiger partial charge in [0.2, 0.25) is 0 Å². The summed E-state index contributed by atoms with van der Waals surface area (Å²) >= 11 is 0. The zero-order valence-electron chi connectivity index (χ0n) is 12.2. The lowest BCUT2D eigenvalue weighted by Crippen LogP contribution is -2.36. The number of nitrogens with one attached hydrogen (secondary N) is 1. The SMILES string of the molecule is CCc1ccc2c(c1)[C@](O)(CC(=O)c1ccncc1)C(=O)N2. The normalized spacial score (nSPS) is 19.6. The molecule has 2 aromatic rings. The van der Waals surface area contributed by atoms with Gasteiger partial charge in [-0.05, 0) is 30.2 Å². The molecule has 2 heterocycles. The van der Waals surface area contributed by atoms with Crippen LogP contribution < -0.4 is 5.32 Å². The number of hydrogen-bond acceptors (Lipinski definition) is 4. The molecule has 0 aliphatic carbocycles. The van der Waals surface area contributed by atoms with Gasteiger partial charge < -0.3 is 10.4 Å². The number of carbonyl (C=O) groups is 2. The molecule has 22 heavy (non-hydrogen) atoms. The maximum Gasteiger partial charge on any atom is 0.261 e. The van der Waals surface area contributed by atoms with Crippen molar-refractivity contribution in [2.24, 2.45) is 0 Å². The van der Waals surface area contributed by atoms with E-state index in [4.69, 9.17) is 0 Å². The van der Waals surface area contributed by atoms with Crippen molar-refractivity contribution in [3.05, 3.63) is 59.4 Å². The molecule has 1 atom stereocenters. The lowest BCUT2D eigenvalue weighted by molar-refractivity contribution is -0.133. The quantitative estimate of drug-likeness (QED) is 0.846. The van der Waals surface area contributed by atoms with Gasteiger partial charge in [-0.25, -0.2) is 0 Å². The molecule has 5 nitrogen and oxygen atoms in total. The molecule has 1 amide bonds. The van der Waals surface area contributed by atoms with E-state index in [0.29, 0.717) is 16.8 Å². The highest BCUT2D eigenvalue weighted by Gasteiger charge is 2.46. The van der Waals surface area contributed by atoms with E-state index in [1.807, 2.05) is 13.0 Å². The van der Waals surface area contributed by atoms with Crippen LogP contribution in [0.5, 0.6) is 0 Å². The third-order valence-corrected chi connectivity index (χ3v) is 3.98. The van der Waals surface area contributed by atoms with Crippen LogP contribution in [0.15, 0.2) is 42.7 Å². The molecule has 2 N–H and O–H groups in total. The van der Waals surface area contributed by atoms with Gasteiger partial charge in [0, 0.05) is 29.2 Å². The zero-order chi connectivity index (χ0) is 15.7. The molecule has 0 radical (unpaired) electrons. The maximum absolute atomic E-state index is 12.3. The molecule has 1 aliphatic heterocycles. The minimum atomic E-state index is -1.82. The fourth-order valence-electron chi connectivity index (χ4n) is 2.66. The Balaban J connectivity index is 1.96. The number of anilines is 1. The third-order valence-electron chi connectivity index (χ3n) is 3.98. The molecule has 0 fully saturated rings. The number of benzene rings is 1. The summed E-state index contributed by atoms with van der Waals surface area (Å²) in [4.78, 5) is 28.4. The Morgan fingerprint density at radius 3 is 2.68 bits per heavy atom. The van der Waals surface area contributed by atoms with Crippen molar-refractivity contribution < 1.29 is 14.7 Å². The molecule has 112 valence electrons. The Bertz CT molecular complexity index is 743. The van der Waals surface area contributed by atoms with Crippen LogP contribution in [0.2, 0.25) is 0 Å². The van der Waals surface area contributed by atoms with E-state index >= 15 is 0 Å². The largest absolute Gasteiger partial charge is 0.375 e. The van der Waals surface area contributed by atoms with Crippen LogP contribution in [0, 0.1) is 0 Å². The average Bonchev–Trinajstić information content (AvgIpc) is 2.79. The number of aryl methyl sites for hydroxylation is 1. The molecule has 0 bridgehead atoms. The van der Waals surface area contributed by atoms with E-state index in [-0.39, 0.29) is 12.2 Å². The minimum absolute atomic E-state index is 0.289. The summed E-state index contributed by atoms with van der Waals surface area (Å²) in [6.45, 7) is 1.99. The Morgan fingerprint density at radius 2 is 2.00 bits per heavy atom. The fourth-order valence-corrected chi connectivity index (χ4v) is 2.66. The molecule has 0 unspecified atom stereocenters. The van der Waals surface area contributed by atoms with Crippen molar-refractivity contribution in [2.75, 3.05) is 5.32 Å². The number of amides is 1. The van der Waals surface area contributed by atoms with E-state index in [1.54, 1.807) is 24.3 Å². The number of ketones is 1. The summed E-state index contributed by atoms with van der Waals surface area (Å²) in [7, 11) is 0. The monoisotopic (exact) mass is 296 g/mol. The molecular formula is C17H16N2O3. The van der Waals surface area contributed by atoms with Crippen molar-refractivity contribution >= 4 is 17.4 Å². The second kappa shape index (κ2) is 5.35.